The minimum absolute atomic E-state index is 0.243. The van der Waals surface area contributed by atoms with Crippen molar-refractivity contribution < 1.29 is 13.9 Å². The number of hydrogen-bond acceptors (Lipinski definition) is 2. The summed E-state index contributed by atoms with van der Waals surface area (Å²) in [6.45, 7) is 1.49. The van der Waals surface area contributed by atoms with E-state index in [1.165, 1.54) is 18.2 Å². The van der Waals surface area contributed by atoms with Crippen molar-refractivity contribution in [3.63, 3.8) is 0 Å². The van der Waals surface area contributed by atoms with E-state index in [0.717, 1.165) is 0 Å². The summed E-state index contributed by atoms with van der Waals surface area (Å²) in [5.41, 5.74) is 0.0960. The molecule has 0 aliphatic carbocycles. The van der Waals surface area contributed by atoms with Gasteiger partial charge in [0, 0.05) is 0 Å². The topological polar surface area (TPSA) is 32.3 Å². The van der Waals surface area contributed by atoms with Gasteiger partial charge in [0.2, 0.25) is 0 Å². The lowest BCUT2D eigenvalue weighted by Crippen LogP contribution is -2.36. The van der Waals surface area contributed by atoms with Gasteiger partial charge in [0.1, 0.15) is 11.6 Å². The molecule has 100 valence electrons. The predicted octanol–water partition coefficient (Wildman–Crippen LogP) is 3.28. The van der Waals surface area contributed by atoms with Crippen molar-refractivity contribution >= 4 is 5.69 Å². The third-order valence-corrected chi connectivity index (χ3v) is 3.08. The number of aliphatic hydroxyl groups excluding tert-OH is 1. The molecule has 1 unspecified atom stereocenters. The number of aliphatic hydroxyl groups is 1. The van der Waals surface area contributed by atoms with Gasteiger partial charge in [-0.3, -0.25) is 0 Å². The van der Waals surface area contributed by atoms with Gasteiger partial charge in [0.05, 0.1) is 17.8 Å². The molecule has 0 saturated carbocycles. The van der Waals surface area contributed by atoms with E-state index in [0.29, 0.717) is 11.3 Å². The third kappa shape index (κ3) is 2.90. The largest absolute Gasteiger partial charge is 0.394 e. The van der Waals surface area contributed by atoms with Crippen molar-refractivity contribution in [3.05, 3.63) is 65.7 Å². The number of halogens is 2. The molecule has 2 aromatic rings. The molecule has 0 radical (unpaired) electrons. The van der Waals surface area contributed by atoms with E-state index in [1.54, 1.807) is 37.3 Å². The van der Waals surface area contributed by atoms with Gasteiger partial charge in [-0.2, -0.15) is 0 Å². The van der Waals surface area contributed by atoms with Crippen LogP contribution in [-0.4, -0.2) is 11.7 Å². The van der Waals surface area contributed by atoms with E-state index in [2.05, 4.69) is 5.32 Å². The van der Waals surface area contributed by atoms with Crippen LogP contribution in [0.15, 0.2) is 48.5 Å². The Morgan fingerprint density at radius 3 is 2.26 bits per heavy atom. The first-order valence-corrected chi connectivity index (χ1v) is 5.95. The Bertz CT molecular complexity index is 556. The maximum absolute atomic E-state index is 13.6. The van der Waals surface area contributed by atoms with Gasteiger partial charge in [0.25, 0.3) is 0 Å². The summed E-state index contributed by atoms with van der Waals surface area (Å²) in [6, 6.07) is 12.0. The summed E-state index contributed by atoms with van der Waals surface area (Å²) < 4.78 is 26.6. The van der Waals surface area contributed by atoms with Crippen LogP contribution in [0.3, 0.4) is 0 Å². The Balaban J connectivity index is 2.33. The summed E-state index contributed by atoms with van der Waals surface area (Å²) in [5.74, 6) is -0.751. The molecule has 0 amide bonds. The second-order valence-corrected chi connectivity index (χ2v) is 4.60. The predicted molar refractivity (Wildman–Crippen MR) is 70.9 cm³/mol. The van der Waals surface area contributed by atoms with Gasteiger partial charge in [0.15, 0.2) is 0 Å². The second-order valence-electron chi connectivity index (χ2n) is 4.60. The molecule has 2 aromatic carbocycles. The van der Waals surface area contributed by atoms with E-state index in [-0.39, 0.29) is 12.4 Å². The zero-order valence-corrected chi connectivity index (χ0v) is 10.5. The zero-order chi connectivity index (χ0) is 13.9. The maximum atomic E-state index is 13.6. The number of anilines is 1. The van der Waals surface area contributed by atoms with Crippen LogP contribution in [-0.2, 0) is 5.54 Å². The fraction of sp³-hybridized carbons (Fsp3) is 0.200. The minimum Gasteiger partial charge on any atom is -0.394 e. The van der Waals surface area contributed by atoms with Crippen molar-refractivity contribution in [2.45, 2.75) is 12.5 Å². The van der Waals surface area contributed by atoms with Crippen LogP contribution in [0.1, 0.15) is 12.5 Å². The average Bonchev–Trinajstić information content (AvgIpc) is 2.42. The molecule has 0 aromatic heterocycles. The van der Waals surface area contributed by atoms with E-state index >= 15 is 0 Å². The maximum Gasteiger partial charge on any atom is 0.146 e. The first-order valence-electron chi connectivity index (χ1n) is 5.95. The summed E-state index contributed by atoms with van der Waals surface area (Å²) in [6.07, 6.45) is 0. The lowest BCUT2D eigenvalue weighted by atomic mass is 9.92. The Kier molecular flexibility index (Phi) is 3.81. The van der Waals surface area contributed by atoms with E-state index < -0.39 is 11.4 Å². The van der Waals surface area contributed by atoms with Gasteiger partial charge >= 0.3 is 0 Å². The van der Waals surface area contributed by atoms with Gasteiger partial charge in [-0.05, 0) is 36.8 Å². The fourth-order valence-electron chi connectivity index (χ4n) is 1.88. The van der Waals surface area contributed by atoms with Crippen molar-refractivity contribution in [2.75, 3.05) is 11.9 Å². The molecule has 0 bridgehead atoms. The molecule has 0 fully saturated rings. The summed E-state index contributed by atoms with van der Waals surface area (Å²) in [5, 5.41) is 12.5. The Labute approximate surface area is 110 Å². The third-order valence-electron chi connectivity index (χ3n) is 3.08. The number of nitrogens with one attached hydrogen (secondary N) is 1. The molecule has 1 atom stereocenters. The van der Waals surface area contributed by atoms with Crippen molar-refractivity contribution in [3.8, 4) is 0 Å². The molecule has 19 heavy (non-hydrogen) atoms. The molecule has 0 saturated heterocycles. The van der Waals surface area contributed by atoms with Crippen LogP contribution >= 0.6 is 0 Å². The first kappa shape index (κ1) is 13.5. The highest BCUT2D eigenvalue weighted by molar-refractivity contribution is 5.49. The highest BCUT2D eigenvalue weighted by atomic mass is 19.1. The molecule has 2 nitrogen and oxygen atoms in total. The lowest BCUT2D eigenvalue weighted by Gasteiger charge is -2.30. The first-order chi connectivity index (χ1) is 9.05. The van der Waals surface area contributed by atoms with E-state index in [4.69, 9.17) is 0 Å². The molecule has 0 heterocycles. The monoisotopic (exact) mass is 263 g/mol. The highest BCUT2D eigenvalue weighted by Gasteiger charge is 2.26. The molecule has 0 aliphatic heterocycles. The van der Waals surface area contributed by atoms with Crippen molar-refractivity contribution in [1.82, 2.24) is 0 Å². The Morgan fingerprint density at radius 1 is 1.05 bits per heavy atom. The van der Waals surface area contributed by atoms with Crippen molar-refractivity contribution in [2.24, 2.45) is 0 Å². The molecule has 2 N–H and O–H groups in total. The average molecular weight is 263 g/mol. The van der Waals surface area contributed by atoms with Crippen LogP contribution in [0.4, 0.5) is 14.5 Å². The number of hydrogen-bond donors (Lipinski definition) is 2. The van der Waals surface area contributed by atoms with Crippen LogP contribution in [0.5, 0.6) is 0 Å². The Morgan fingerprint density at radius 2 is 1.68 bits per heavy atom. The van der Waals surface area contributed by atoms with Gasteiger partial charge in [-0.25, -0.2) is 8.78 Å². The quantitative estimate of drug-likeness (QED) is 0.887. The highest BCUT2D eigenvalue weighted by Crippen LogP contribution is 2.27. The van der Waals surface area contributed by atoms with Gasteiger partial charge in [-0.15, -0.1) is 0 Å². The SMILES string of the molecule is CC(CO)(Nc1ccccc1F)c1ccc(F)cc1. The van der Waals surface area contributed by atoms with Gasteiger partial charge < -0.3 is 10.4 Å². The standard InChI is InChI=1S/C15H15F2NO/c1-15(10-19,11-6-8-12(16)9-7-11)18-14-5-3-2-4-13(14)17/h2-9,18-19H,10H2,1H3. The second kappa shape index (κ2) is 5.36. The summed E-state index contributed by atoms with van der Waals surface area (Å²) in [7, 11) is 0. The Hall–Kier alpha value is -1.94. The number of para-hydroxylation sites is 1. The molecule has 0 spiro atoms. The normalized spacial score (nSPS) is 13.9. The van der Waals surface area contributed by atoms with Crippen LogP contribution < -0.4 is 5.32 Å². The summed E-state index contributed by atoms with van der Waals surface area (Å²) in [4.78, 5) is 0. The van der Waals surface area contributed by atoms with Crippen LogP contribution in [0, 0.1) is 11.6 Å². The minimum atomic E-state index is -0.879. The molecule has 0 aliphatic rings. The molecular weight excluding hydrogens is 248 g/mol. The lowest BCUT2D eigenvalue weighted by molar-refractivity contribution is 0.223. The molecule has 2 rings (SSSR count). The van der Waals surface area contributed by atoms with Crippen LogP contribution in [0.25, 0.3) is 0 Å². The number of rotatable bonds is 4. The number of benzene rings is 2. The summed E-state index contributed by atoms with van der Waals surface area (Å²) >= 11 is 0. The van der Waals surface area contributed by atoms with E-state index in [9.17, 15) is 13.9 Å². The fourth-order valence-corrected chi connectivity index (χ4v) is 1.88. The molecular formula is C15H15F2NO. The molecule has 4 heteroatoms. The zero-order valence-electron chi connectivity index (χ0n) is 10.5. The smallest absolute Gasteiger partial charge is 0.146 e. The van der Waals surface area contributed by atoms with E-state index in [1.807, 2.05) is 0 Å². The van der Waals surface area contributed by atoms with Crippen LogP contribution in [0.2, 0.25) is 0 Å². The van der Waals surface area contributed by atoms with Crippen molar-refractivity contribution in [1.29, 1.82) is 0 Å². The van der Waals surface area contributed by atoms with Gasteiger partial charge in [-0.1, -0.05) is 24.3 Å².